The standard InChI is InChI=1S/C25H34N2O5/c28-17-27(32-23-8-4-5-13-31-23)21(12-11-18-9-10-18)15-22(29)24-20(16-26-25(24)30)14-19-6-2-1-3-7-19/h1-3,6-7,17-18,20-21,23-24H,4-5,8-16H2,(H,26,30). The van der Waals surface area contributed by atoms with Gasteiger partial charge in [0.05, 0.1) is 6.04 Å². The number of ether oxygens (including phenoxy) is 1. The molecule has 0 aromatic heterocycles. The molecule has 7 nitrogen and oxygen atoms in total. The number of rotatable bonds is 12. The fraction of sp³-hybridized carbons (Fsp3) is 0.640. The highest BCUT2D eigenvalue weighted by molar-refractivity contribution is 6.03. The van der Waals surface area contributed by atoms with Gasteiger partial charge < -0.3 is 10.1 Å². The molecule has 0 spiro atoms. The highest BCUT2D eigenvalue weighted by Gasteiger charge is 2.41. The first-order chi connectivity index (χ1) is 15.6. The summed E-state index contributed by atoms with van der Waals surface area (Å²) in [6.07, 6.45) is 7.80. The normalized spacial score (nSPS) is 26.4. The fourth-order valence-corrected chi connectivity index (χ4v) is 4.83. The number of nitrogens with zero attached hydrogens (tertiary/aromatic N) is 1. The van der Waals surface area contributed by atoms with E-state index < -0.39 is 12.2 Å². The summed E-state index contributed by atoms with van der Waals surface area (Å²) in [4.78, 5) is 43.7. The predicted molar refractivity (Wildman–Crippen MR) is 118 cm³/mol. The van der Waals surface area contributed by atoms with Crippen LogP contribution < -0.4 is 5.32 Å². The van der Waals surface area contributed by atoms with Crippen molar-refractivity contribution in [3.8, 4) is 0 Å². The summed E-state index contributed by atoms with van der Waals surface area (Å²) in [5.74, 6) is -0.396. The maximum Gasteiger partial charge on any atom is 0.233 e. The van der Waals surface area contributed by atoms with Crippen LogP contribution in [0.3, 0.4) is 0 Å². The number of carbonyl (C=O) groups is 3. The number of ketones is 1. The Hall–Kier alpha value is -2.25. The van der Waals surface area contributed by atoms with Gasteiger partial charge in [0, 0.05) is 26.0 Å². The zero-order chi connectivity index (χ0) is 22.3. The molecule has 32 heavy (non-hydrogen) atoms. The van der Waals surface area contributed by atoms with Gasteiger partial charge in [-0.1, -0.05) is 43.2 Å². The Kier molecular flexibility index (Phi) is 7.92. The van der Waals surface area contributed by atoms with Gasteiger partial charge in [0.15, 0.2) is 6.29 Å². The first-order valence-electron chi connectivity index (χ1n) is 12.0. The lowest BCUT2D eigenvalue weighted by molar-refractivity contribution is -0.286. The molecule has 3 fully saturated rings. The van der Waals surface area contributed by atoms with E-state index in [0.717, 1.165) is 31.2 Å². The van der Waals surface area contributed by atoms with E-state index in [9.17, 15) is 14.4 Å². The van der Waals surface area contributed by atoms with Crippen LogP contribution >= 0.6 is 0 Å². The number of nitrogens with one attached hydrogen (secondary N) is 1. The van der Waals surface area contributed by atoms with Crippen molar-refractivity contribution in [2.24, 2.45) is 17.8 Å². The third-order valence-electron chi connectivity index (χ3n) is 6.86. The van der Waals surface area contributed by atoms with Crippen molar-refractivity contribution in [1.82, 2.24) is 10.4 Å². The van der Waals surface area contributed by atoms with Gasteiger partial charge in [-0.15, -0.1) is 0 Å². The van der Waals surface area contributed by atoms with Gasteiger partial charge in [0.25, 0.3) is 0 Å². The van der Waals surface area contributed by atoms with Crippen LogP contribution in [0.4, 0.5) is 0 Å². The third kappa shape index (κ3) is 6.17. The third-order valence-corrected chi connectivity index (χ3v) is 6.86. The molecule has 1 aromatic rings. The Morgan fingerprint density at radius 1 is 1.22 bits per heavy atom. The van der Waals surface area contributed by atoms with Crippen LogP contribution in [0.1, 0.15) is 56.9 Å². The molecular weight excluding hydrogens is 408 g/mol. The van der Waals surface area contributed by atoms with Gasteiger partial charge >= 0.3 is 0 Å². The van der Waals surface area contributed by atoms with Crippen LogP contribution in [0.25, 0.3) is 0 Å². The first-order valence-corrected chi connectivity index (χ1v) is 12.0. The average Bonchev–Trinajstić information content (AvgIpc) is 3.58. The molecule has 4 rings (SSSR count). The SMILES string of the molecule is O=CN(OC1CCCCO1)C(CCC1CC1)CC(=O)C1C(=O)NCC1Cc1ccccc1. The minimum absolute atomic E-state index is 0.0752. The lowest BCUT2D eigenvalue weighted by atomic mass is 9.84. The molecular formula is C25H34N2O5. The zero-order valence-electron chi connectivity index (χ0n) is 18.6. The van der Waals surface area contributed by atoms with E-state index in [1.165, 1.54) is 17.9 Å². The summed E-state index contributed by atoms with van der Waals surface area (Å²) in [5.41, 5.74) is 1.12. The van der Waals surface area contributed by atoms with Gasteiger partial charge in [-0.2, -0.15) is 0 Å². The van der Waals surface area contributed by atoms with Crippen molar-refractivity contribution in [2.75, 3.05) is 13.2 Å². The first kappa shape index (κ1) is 22.9. The summed E-state index contributed by atoms with van der Waals surface area (Å²) in [7, 11) is 0. The van der Waals surface area contributed by atoms with Crippen LogP contribution in [0.5, 0.6) is 0 Å². The second-order valence-corrected chi connectivity index (χ2v) is 9.38. The predicted octanol–water partition coefficient (Wildman–Crippen LogP) is 3.03. The van der Waals surface area contributed by atoms with Gasteiger partial charge in [-0.25, -0.2) is 9.90 Å². The van der Waals surface area contributed by atoms with E-state index in [2.05, 4.69) is 5.32 Å². The van der Waals surface area contributed by atoms with Crippen LogP contribution in [0, 0.1) is 17.8 Å². The lowest BCUT2D eigenvalue weighted by Gasteiger charge is -2.32. The van der Waals surface area contributed by atoms with Crippen molar-refractivity contribution in [2.45, 2.75) is 70.1 Å². The van der Waals surface area contributed by atoms with Gasteiger partial charge in [-0.3, -0.25) is 14.4 Å². The largest absolute Gasteiger partial charge is 0.355 e. The highest BCUT2D eigenvalue weighted by Crippen LogP contribution is 2.35. The van der Waals surface area contributed by atoms with Gasteiger partial charge in [-0.05, 0) is 49.5 Å². The molecule has 2 amide bonds. The van der Waals surface area contributed by atoms with E-state index in [0.29, 0.717) is 38.3 Å². The molecule has 2 saturated heterocycles. The second kappa shape index (κ2) is 11.1. The van der Waals surface area contributed by atoms with Crippen molar-refractivity contribution in [3.05, 3.63) is 35.9 Å². The molecule has 3 aliphatic rings. The Balaban J connectivity index is 1.42. The van der Waals surface area contributed by atoms with E-state index >= 15 is 0 Å². The van der Waals surface area contributed by atoms with Crippen molar-refractivity contribution < 1.29 is 24.0 Å². The molecule has 1 aliphatic carbocycles. The van der Waals surface area contributed by atoms with Crippen LogP contribution in [-0.2, 0) is 30.4 Å². The number of hydrogen-bond acceptors (Lipinski definition) is 5. The summed E-state index contributed by atoms with van der Waals surface area (Å²) >= 11 is 0. The quantitative estimate of drug-likeness (QED) is 0.306. The van der Waals surface area contributed by atoms with Gasteiger partial charge in [0.1, 0.15) is 11.7 Å². The summed E-state index contributed by atoms with van der Waals surface area (Å²) in [6.45, 7) is 1.12. The van der Waals surface area contributed by atoms with E-state index in [4.69, 9.17) is 9.57 Å². The second-order valence-electron chi connectivity index (χ2n) is 9.38. The molecule has 7 heteroatoms. The minimum atomic E-state index is -0.682. The van der Waals surface area contributed by atoms with E-state index in [1.807, 2.05) is 30.3 Å². The molecule has 1 aromatic carbocycles. The minimum Gasteiger partial charge on any atom is -0.355 e. The molecule has 1 N–H and O–H groups in total. The smallest absolute Gasteiger partial charge is 0.233 e. The fourth-order valence-electron chi connectivity index (χ4n) is 4.83. The average molecular weight is 443 g/mol. The van der Waals surface area contributed by atoms with Crippen LogP contribution in [0.15, 0.2) is 30.3 Å². The van der Waals surface area contributed by atoms with Crippen LogP contribution in [0.2, 0.25) is 0 Å². The Morgan fingerprint density at radius 2 is 2.03 bits per heavy atom. The summed E-state index contributed by atoms with van der Waals surface area (Å²) in [6, 6.07) is 9.56. The molecule has 4 atom stereocenters. The molecule has 0 radical (unpaired) electrons. The summed E-state index contributed by atoms with van der Waals surface area (Å²) < 4.78 is 5.63. The van der Waals surface area contributed by atoms with E-state index in [1.54, 1.807) is 0 Å². The van der Waals surface area contributed by atoms with Gasteiger partial charge in [0.2, 0.25) is 12.3 Å². The molecule has 4 unspecified atom stereocenters. The maximum atomic E-state index is 13.3. The number of hydrogen-bond donors (Lipinski definition) is 1. The monoisotopic (exact) mass is 442 g/mol. The maximum absolute atomic E-state index is 13.3. The molecule has 174 valence electrons. The highest BCUT2D eigenvalue weighted by atomic mass is 16.8. The van der Waals surface area contributed by atoms with Crippen molar-refractivity contribution in [1.29, 1.82) is 0 Å². The Morgan fingerprint density at radius 3 is 2.72 bits per heavy atom. The summed E-state index contributed by atoms with van der Waals surface area (Å²) in [5, 5.41) is 4.16. The molecule has 2 heterocycles. The Labute approximate surface area is 189 Å². The van der Waals surface area contributed by atoms with Crippen LogP contribution in [-0.4, -0.2) is 48.6 Å². The zero-order valence-corrected chi connectivity index (χ0v) is 18.6. The number of amides is 2. The molecule has 1 saturated carbocycles. The number of hydroxylamine groups is 2. The lowest BCUT2D eigenvalue weighted by Crippen LogP contribution is -2.42. The molecule has 2 aliphatic heterocycles. The molecule has 0 bridgehead atoms. The van der Waals surface area contributed by atoms with E-state index in [-0.39, 0.29) is 30.1 Å². The number of carbonyl (C=O) groups excluding carboxylic acids is 3. The number of Topliss-reactive ketones (excluding diaryl/α,β-unsaturated/α-hetero) is 1. The topological polar surface area (TPSA) is 84.9 Å². The van der Waals surface area contributed by atoms with Crippen molar-refractivity contribution in [3.63, 3.8) is 0 Å². The number of benzene rings is 1. The Bertz CT molecular complexity index is 776. The van der Waals surface area contributed by atoms with Crippen molar-refractivity contribution >= 4 is 18.1 Å².